The highest BCUT2D eigenvalue weighted by Crippen LogP contribution is 2.44. The van der Waals surface area contributed by atoms with Crippen LogP contribution < -0.4 is 5.32 Å². The third kappa shape index (κ3) is 3.26. The average molecular weight is 295 g/mol. The fourth-order valence-corrected chi connectivity index (χ4v) is 2.93. The lowest BCUT2D eigenvalue weighted by Gasteiger charge is -2.41. The standard InChI is InChI=1S/C15H18FNO4/c1-10(18)21-14(20)8-15(6-7-17-9-13(15)16)11-4-2-3-5-12(11)19/h2-4,13,17H,5-9H2,1H3. The van der Waals surface area contributed by atoms with Crippen LogP contribution in [-0.4, -0.2) is 37.0 Å². The Labute approximate surface area is 122 Å². The molecule has 0 bridgehead atoms. The summed E-state index contributed by atoms with van der Waals surface area (Å²) in [5, 5.41) is 2.91. The number of esters is 2. The zero-order valence-electron chi connectivity index (χ0n) is 11.9. The van der Waals surface area contributed by atoms with Crippen LogP contribution in [0, 0.1) is 5.41 Å². The summed E-state index contributed by atoms with van der Waals surface area (Å²) in [6.07, 6.45) is 3.80. The highest BCUT2D eigenvalue weighted by atomic mass is 19.1. The number of alkyl halides is 1. The van der Waals surface area contributed by atoms with Gasteiger partial charge in [0, 0.05) is 30.9 Å². The van der Waals surface area contributed by atoms with E-state index in [4.69, 9.17) is 0 Å². The molecule has 0 amide bonds. The van der Waals surface area contributed by atoms with Crippen LogP contribution in [0.5, 0.6) is 0 Å². The molecule has 1 fully saturated rings. The molecule has 114 valence electrons. The minimum atomic E-state index is -1.38. The summed E-state index contributed by atoms with van der Waals surface area (Å²) in [5.74, 6) is -1.71. The van der Waals surface area contributed by atoms with Crippen LogP contribution in [0.25, 0.3) is 0 Å². The lowest BCUT2D eigenvalue weighted by molar-refractivity contribution is -0.160. The van der Waals surface area contributed by atoms with Crippen molar-refractivity contribution in [3.05, 3.63) is 23.8 Å². The molecule has 1 saturated heterocycles. The van der Waals surface area contributed by atoms with Gasteiger partial charge in [0.2, 0.25) is 0 Å². The number of hydrogen-bond donors (Lipinski definition) is 1. The number of Topliss-reactive ketones (excluding diaryl/α,β-unsaturated/α-hetero) is 1. The summed E-state index contributed by atoms with van der Waals surface area (Å²) in [6, 6.07) is 0. The molecular weight excluding hydrogens is 277 g/mol. The second-order valence-corrected chi connectivity index (χ2v) is 5.36. The fraction of sp³-hybridized carbons (Fsp3) is 0.533. The molecule has 2 aliphatic rings. The summed E-state index contributed by atoms with van der Waals surface area (Å²) >= 11 is 0. The maximum absolute atomic E-state index is 14.6. The molecule has 5 nitrogen and oxygen atoms in total. The second-order valence-electron chi connectivity index (χ2n) is 5.36. The number of carbonyl (C=O) groups is 3. The van der Waals surface area contributed by atoms with Crippen molar-refractivity contribution < 1.29 is 23.5 Å². The number of carbonyl (C=O) groups excluding carboxylic acids is 3. The molecule has 1 N–H and O–H groups in total. The Morgan fingerprint density at radius 3 is 2.90 bits per heavy atom. The van der Waals surface area contributed by atoms with Crippen LogP contribution in [0.15, 0.2) is 23.8 Å². The van der Waals surface area contributed by atoms with Gasteiger partial charge in [0.1, 0.15) is 6.17 Å². The molecule has 0 spiro atoms. The Kier molecular flexibility index (Phi) is 4.67. The maximum Gasteiger partial charge on any atom is 0.314 e. The quantitative estimate of drug-likeness (QED) is 0.626. The summed E-state index contributed by atoms with van der Waals surface area (Å²) in [4.78, 5) is 34.8. The van der Waals surface area contributed by atoms with E-state index in [1.54, 1.807) is 18.2 Å². The number of allylic oxidation sites excluding steroid dienone is 4. The predicted octanol–water partition coefficient (Wildman–Crippen LogP) is 1.24. The van der Waals surface area contributed by atoms with E-state index < -0.39 is 23.5 Å². The second kappa shape index (κ2) is 6.30. The van der Waals surface area contributed by atoms with Gasteiger partial charge in [0.25, 0.3) is 0 Å². The number of rotatable bonds is 3. The minimum absolute atomic E-state index is 0.0711. The molecule has 1 heterocycles. The van der Waals surface area contributed by atoms with E-state index in [0.29, 0.717) is 18.5 Å². The van der Waals surface area contributed by atoms with E-state index in [-0.39, 0.29) is 25.2 Å². The lowest BCUT2D eigenvalue weighted by atomic mass is 9.66. The Morgan fingerprint density at radius 2 is 2.29 bits per heavy atom. The first kappa shape index (κ1) is 15.6. The number of hydrogen-bond acceptors (Lipinski definition) is 5. The van der Waals surface area contributed by atoms with Gasteiger partial charge in [-0.3, -0.25) is 14.4 Å². The van der Waals surface area contributed by atoms with Gasteiger partial charge in [-0.05, 0) is 13.0 Å². The summed E-state index contributed by atoms with van der Waals surface area (Å²) in [6.45, 7) is 1.69. The average Bonchev–Trinajstić information content (AvgIpc) is 2.41. The number of ketones is 1. The van der Waals surface area contributed by atoms with Gasteiger partial charge in [-0.15, -0.1) is 0 Å². The van der Waals surface area contributed by atoms with Crippen molar-refractivity contribution in [2.24, 2.45) is 5.41 Å². The minimum Gasteiger partial charge on any atom is -0.393 e. The maximum atomic E-state index is 14.6. The Bertz CT molecular complexity index is 526. The van der Waals surface area contributed by atoms with Crippen LogP contribution in [0.1, 0.15) is 26.2 Å². The summed E-state index contributed by atoms with van der Waals surface area (Å²) < 4.78 is 19.1. The molecular formula is C15H18FNO4. The van der Waals surface area contributed by atoms with E-state index >= 15 is 0 Å². The molecule has 0 radical (unpaired) electrons. The van der Waals surface area contributed by atoms with Crippen molar-refractivity contribution in [2.75, 3.05) is 13.1 Å². The van der Waals surface area contributed by atoms with Crippen molar-refractivity contribution in [1.82, 2.24) is 5.32 Å². The van der Waals surface area contributed by atoms with Gasteiger partial charge in [-0.2, -0.15) is 0 Å². The van der Waals surface area contributed by atoms with Crippen molar-refractivity contribution in [1.29, 1.82) is 0 Å². The van der Waals surface area contributed by atoms with E-state index in [0.717, 1.165) is 6.92 Å². The highest BCUT2D eigenvalue weighted by Gasteiger charge is 2.48. The number of nitrogens with one attached hydrogen (secondary N) is 1. The van der Waals surface area contributed by atoms with Crippen molar-refractivity contribution in [2.45, 2.75) is 32.4 Å². The predicted molar refractivity (Wildman–Crippen MR) is 73.1 cm³/mol. The van der Waals surface area contributed by atoms with Crippen LogP contribution in [0.4, 0.5) is 4.39 Å². The van der Waals surface area contributed by atoms with E-state index in [1.165, 1.54) is 0 Å². The van der Waals surface area contributed by atoms with Crippen molar-refractivity contribution in [3.63, 3.8) is 0 Å². The normalized spacial score (nSPS) is 29.0. The zero-order chi connectivity index (χ0) is 15.5. The van der Waals surface area contributed by atoms with Gasteiger partial charge < -0.3 is 10.1 Å². The molecule has 0 aromatic heterocycles. The van der Waals surface area contributed by atoms with Crippen LogP contribution in [-0.2, 0) is 19.1 Å². The monoisotopic (exact) mass is 295 g/mol. The Balaban J connectivity index is 2.32. The van der Waals surface area contributed by atoms with Gasteiger partial charge >= 0.3 is 11.9 Å². The SMILES string of the molecule is CC(=O)OC(=O)CC1(C2=CC=CCC2=O)CCNCC1F. The van der Waals surface area contributed by atoms with Crippen LogP contribution >= 0.6 is 0 Å². The number of piperidine rings is 1. The smallest absolute Gasteiger partial charge is 0.314 e. The summed E-state index contributed by atoms with van der Waals surface area (Å²) in [5.41, 5.74) is -0.890. The zero-order valence-corrected chi connectivity index (χ0v) is 11.9. The van der Waals surface area contributed by atoms with E-state index in [2.05, 4.69) is 10.1 Å². The molecule has 0 saturated carbocycles. The van der Waals surface area contributed by atoms with Gasteiger partial charge in [0.15, 0.2) is 5.78 Å². The molecule has 0 aromatic carbocycles. The van der Waals surface area contributed by atoms with Crippen LogP contribution in [0.2, 0.25) is 0 Å². The third-order valence-corrected chi connectivity index (χ3v) is 3.93. The highest BCUT2D eigenvalue weighted by molar-refractivity contribution is 6.00. The third-order valence-electron chi connectivity index (χ3n) is 3.93. The van der Waals surface area contributed by atoms with Gasteiger partial charge in [-0.1, -0.05) is 18.2 Å². The molecule has 2 unspecified atom stereocenters. The first-order valence-electron chi connectivity index (χ1n) is 6.92. The molecule has 1 aliphatic carbocycles. The summed E-state index contributed by atoms with van der Waals surface area (Å²) in [7, 11) is 0. The van der Waals surface area contributed by atoms with Crippen LogP contribution in [0.3, 0.4) is 0 Å². The first-order chi connectivity index (χ1) is 9.95. The van der Waals surface area contributed by atoms with E-state index in [9.17, 15) is 18.8 Å². The Hall–Kier alpha value is -1.82. The topological polar surface area (TPSA) is 72.5 Å². The fourth-order valence-electron chi connectivity index (χ4n) is 2.93. The first-order valence-corrected chi connectivity index (χ1v) is 6.92. The number of ether oxygens (including phenoxy) is 1. The van der Waals surface area contributed by atoms with Gasteiger partial charge in [-0.25, -0.2) is 4.39 Å². The molecule has 2 rings (SSSR count). The van der Waals surface area contributed by atoms with Crippen molar-refractivity contribution in [3.8, 4) is 0 Å². The lowest BCUT2D eigenvalue weighted by Crippen LogP contribution is -2.50. The Morgan fingerprint density at radius 1 is 1.52 bits per heavy atom. The molecule has 0 aromatic rings. The molecule has 1 aliphatic heterocycles. The van der Waals surface area contributed by atoms with Gasteiger partial charge in [0.05, 0.1) is 6.42 Å². The molecule has 21 heavy (non-hydrogen) atoms. The number of halogens is 1. The molecule has 2 atom stereocenters. The van der Waals surface area contributed by atoms with Crippen molar-refractivity contribution >= 4 is 17.7 Å². The largest absolute Gasteiger partial charge is 0.393 e. The molecule has 6 heteroatoms. The van der Waals surface area contributed by atoms with E-state index in [1.807, 2.05) is 0 Å².